The van der Waals surface area contributed by atoms with Crippen LogP contribution in [0.4, 0.5) is 4.39 Å². The zero-order valence-electron chi connectivity index (χ0n) is 19.1. The van der Waals surface area contributed by atoms with Gasteiger partial charge in [-0.25, -0.2) is 4.39 Å². The molecule has 0 bridgehead atoms. The molecule has 0 aromatic heterocycles. The van der Waals surface area contributed by atoms with Crippen LogP contribution in [0.5, 0.6) is 0 Å². The number of rotatable bonds is 10. The van der Waals surface area contributed by atoms with Crippen LogP contribution in [0.3, 0.4) is 0 Å². The Balaban J connectivity index is 0.00000450. The summed E-state index contributed by atoms with van der Waals surface area (Å²) in [6.07, 6.45) is 4.03. The second-order valence-electron chi connectivity index (χ2n) is 9.41. The first-order chi connectivity index (χ1) is 13.7. The van der Waals surface area contributed by atoms with Crippen LogP contribution in [0.1, 0.15) is 85.0 Å². The number of hydrogen-bond acceptors (Lipinski definition) is 5. The molecule has 0 aromatic rings. The summed E-state index contributed by atoms with van der Waals surface area (Å²) in [5.74, 6) is 0.00974. The Morgan fingerprint density at radius 1 is 1.23 bits per heavy atom. The van der Waals surface area contributed by atoms with Gasteiger partial charge < -0.3 is 19.7 Å². The van der Waals surface area contributed by atoms with Crippen LogP contribution in [0.15, 0.2) is 0 Å². The van der Waals surface area contributed by atoms with Crippen molar-refractivity contribution in [3.05, 3.63) is 0 Å². The van der Waals surface area contributed by atoms with E-state index in [0.717, 1.165) is 44.9 Å². The molecular weight excluding hydrogens is 398 g/mol. The van der Waals surface area contributed by atoms with Gasteiger partial charge in [0.2, 0.25) is 0 Å². The minimum absolute atomic E-state index is 0. The van der Waals surface area contributed by atoms with Crippen molar-refractivity contribution < 1.29 is 58.5 Å². The molecule has 2 rings (SSSR count). The molecule has 5 nitrogen and oxygen atoms in total. The predicted molar refractivity (Wildman–Crippen MR) is 106 cm³/mol. The van der Waals surface area contributed by atoms with Crippen LogP contribution in [-0.2, 0) is 14.3 Å². The summed E-state index contributed by atoms with van der Waals surface area (Å²) in [5.41, 5.74) is 0. The molecule has 1 N–H and O–H groups in total. The third-order valence-electron chi connectivity index (χ3n) is 7.29. The number of carbonyl (C=O) groups is 2. The molecule has 2 fully saturated rings. The van der Waals surface area contributed by atoms with Crippen molar-refractivity contribution in [1.29, 1.82) is 0 Å². The fraction of sp³-hybridized carbons (Fsp3) is 0.913. The second-order valence-corrected chi connectivity index (χ2v) is 9.41. The van der Waals surface area contributed by atoms with Crippen molar-refractivity contribution in [2.75, 3.05) is 0 Å². The number of esters is 1. The monoisotopic (exact) mass is 436 g/mol. The smallest absolute Gasteiger partial charge is 0.550 e. The fourth-order valence-electron chi connectivity index (χ4n) is 5.41. The molecule has 0 aromatic carbocycles. The molecule has 7 heteroatoms. The van der Waals surface area contributed by atoms with Gasteiger partial charge in [-0.15, -0.1) is 0 Å². The van der Waals surface area contributed by atoms with Gasteiger partial charge >= 0.3 is 35.5 Å². The Labute approximate surface area is 202 Å². The topological polar surface area (TPSA) is 86.7 Å². The zero-order valence-corrected chi connectivity index (χ0v) is 21.1. The van der Waals surface area contributed by atoms with Gasteiger partial charge in [0.05, 0.1) is 12.0 Å². The van der Waals surface area contributed by atoms with Crippen LogP contribution >= 0.6 is 0 Å². The van der Waals surface area contributed by atoms with Gasteiger partial charge in [0.15, 0.2) is 0 Å². The van der Waals surface area contributed by atoms with Crippen LogP contribution < -0.4 is 34.7 Å². The molecule has 8 atom stereocenters. The van der Waals surface area contributed by atoms with E-state index in [1.165, 1.54) is 0 Å². The molecule has 2 aliphatic rings. The van der Waals surface area contributed by atoms with Crippen molar-refractivity contribution in [3.63, 3.8) is 0 Å². The molecule has 2 aliphatic carbocycles. The van der Waals surface area contributed by atoms with E-state index in [-0.39, 0.29) is 54.0 Å². The third kappa shape index (κ3) is 8.07. The Hall–Kier alpha value is -0.170. The Morgan fingerprint density at radius 2 is 1.93 bits per heavy atom. The molecule has 168 valence electrons. The fourth-order valence-corrected chi connectivity index (χ4v) is 5.41. The minimum Gasteiger partial charge on any atom is -0.550 e. The van der Waals surface area contributed by atoms with E-state index in [4.69, 9.17) is 4.74 Å². The summed E-state index contributed by atoms with van der Waals surface area (Å²) >= 11 is 0. The molecule has 0 spiro atoms. The average molecular weight is 437 g/mol. The number of alkyl halides is 1. The number of ether oxygens (including phenoxy) is 1. The van der Waals surface area contributed by atoms with Crippen molar-refractivity contribution >= 4 is 11.9 Å². The molecular formula is C23H38FNaO5. The maximum atomic E-state index is 13.7. The molecule has 2 saturated carbocycles. The van der Waals surface area contributed by atoms with Crippen LogP contribution in [0.25, 0.3) is 0 Å². The van der Waals surface area contributed by atoms with Crippen LogP contribution in [0.2, 0.25) is 0 Å². The maximum Gasteiger partial charge on any atom is 1.00 e. The summed E-state index contributed by atoms with van der Waals surface area (Å²) in [7, 11) is 0. The van der Waals surface area contributed by atoms with E-state index in [1.807, 2.05) is 13.8 Å². The number of aliphatic hydroxyl groups excluding tert-OH is 1. The Bertz CT molecular complexity index is 546. The standard InChI is InChI=1S/C23H39FO5.Na/c1-4-14(2)23(28)29-20-7-5-6-16-9-8-15(3)19(22(16)20)11-10-18(25)12-17(24)13-21(26)27;/h14-20,22,25H,4-13H2,1-3H3,(H,26,27);/q;+1/p-1/t14-,15-,16?,17-,18+,19-,20-,22?;/m0./s1. The van der Waals surface area contributed by atoms with Crippen LogP contribution in [-0.4, -0.2) is 35.4 Å². The van der Waals surface area contributed by atoms with E-state index in [1.54, 1.807) is 0 Å². The van der Waals surface area contributed by atoms with Crippen molar-refractivity contribution in [3.8, 4) is 0 Å². The predicted octanol–water partition coefficient (Wildman–Crippen LogP) is 0.420. The summed E-state index contributed by atoms with van der Waals surface area (Å²) in [6.45, 7) is 6.12. The number of aliphatic carboxylic acids is 1. The molecule has 0 amide bonds. The number of fused-ring (bicyclic) bond motifs is 1. The van der Waals surface area contributed by atoms with E-state index < -0.39 is 24.7 Å². The van der Waals surface area contributed by atoms with Crippen molar-refractivity contribution in [1.82, 2.24) is 0 Å². The minimum atomic E-state index is -1.58. The number of aliphatic hydroxyl groups is 1. The second kappa shape index (κ2) is 13.4. The van der Waals surface area contributed by atoms with Gasteiger partial charge in [0.25, 0.3) is 0 Å². The van der Waals surface area contributed by atoms with Crippen molar-refractivity contribution in [2.24, 2.45) is 29.6 Å². The largest absolute Gasteiger partial charge is 1.00 e. The van der Waals surface area contributed by atoms with Gasteiger partial charge in [0, 0.05) is 24.7 Å². The first-order valence-corrected chi connectivity index (χ1v) is 11.4. The van der Waals surface area contributed by atoms with E-state index in [9.17, 15) is 24.2 Å². The van der Waals surface area contributed by atoms with E-state index in [2.05, 4.69) is 6.92 Å². The molecule has 30 heavy (non-hydrogen) atoms. The molecule has 2 unspecified atom stereocenters. The van der Waals surface area contributed by atoms with Gasteiger partial charge in [0.1, 0.15) is 12.3 Å². The summed E-state index contributed by atoms with van der Waals surface area (Å²) in [5, 5.41) is 20.7. The zero-order chi connectivity index (χ0) is 21.6. The van der Waals surface area contributed by atoms with Crippen molar-refractivity contribution in [2.45, 2.75) is 103 Å². The summed E-state index contributed by atoms with van der Waals surface area (Å²) < 4.78 is 19.7. The molecule has 0 saturated heterocycles. The number of carbonyl (C=O) groups excluding carboxylic acids is 2. The molecule has 0 aliphatic heterocycles. The first kappa shape index (κ1) is 27.9. The summed E-state index contributed by atoms with van der Waals surface area (Å²) in [4.78, 5) is 22.9. The maximum absolute atomic E-state index is 13.7. The number of carboxylic acids is 1. The van der Waals surface area contributed by atoms with Gasteiger partial charge in [-0.3, -0.25) is 4.79 Å². The Morgan fingerprint density at radius 3 is 2.57 bits per heavy atom. The summed E-state index contributed by atoms with van der Waals surface area (Å²) in [6, 6.07) is 0. The van der Waals surface area contributed by atoms with Gasteiger partial charge in [-0.05, 0) is 62.7 Å². The number of hydrogen-bond donors (Lipinski definition) is 1. The van der Waals surface area contributed by atoms with Gasteiger partial charge in [-0.2, -0.15) is 0 Å². The van der Waals surface area contributed by atoms with Crippen LogP contribution in [0, 0.1) is 29.6 Å². The Kier molecular flexibility index (Phi) is 12.4. The van der Waals surface area contributed by atoms with E-state index in [0.29, 0.717) is 30.1 Å². The number of halogens is 1. The van der Waals surface area contributed by atoms with Gasteiger partial charge in [-0.1, -0.05) is 27.2 Å². The molecule has 0 radical (unpaired) electrons. The third-order valence-corrected chi connectivity index (χ3v) is 7.29. The quantitative estimate of drug-likeness (QED) is 0.396. The number of carboxylic acid groups (broad SMARTS) is 1. The first-order valence-electron chi connectivity index (χ1n) is 11.4. The molecule has 0 heterocycles. The average Bonchev–Trinajstić information content (AvgIpc) is 2.66. The normalized spacial score (nSPS) is 31.6. The SMILES string of the molecule is CC[C@H](C)C(=O)O[C@H]1CCCC2CC[C@H](C)[C@H](CC[C@@H](O)C[C@H](F)CC(=O)[O-])C21.[Na+]. The van der Waals surface area contributed by atoms with E-state index >= 15 is 0 Å².